The van der Waals surface area contributed by atoms with Gasteiger partial charge in [-0.25, -0.2) is 0 Å². The first-order chi connectivity index (χ1) is 14.9. The molecule has 1 amide bonds. The number of halogens is 1. The molecule has 2 aliphatic rings. The summed E-state index contributed by atoms with van der Waals surface area (Å²) in [5.41, 5.74) is 3.31. The Morgan fingerprint density at radius 3 is 2.87 bits per heavy atom. The van der Waals surface area contributed by atoms with E-state index < -0.39 is 0 Å². The second-order valence-corrected chi connectivity index (χ2v) is 8.74. The standard InChI is InChI=1S/C22H30ClN7O/c1-16-4-5-18(23)10-20(16)28-7-6-17(13-28)11-25-22(24-2)29-8-9-30(21(31)15-29)19-12-26-27(3)14-19/h4-5,10,12,14,17H,6-9,11,13,15H2,1-3H3,(H,24,25). The first-order valence-electron chi connectivity index (χ1n) is 10.7. The van der Waals surface area contributed by atoms with E-state index in [4.69, 9.17) is 11.6 Å². The predicted molar refractivity (Wildman–Crippen MR) is 125 cm³/mol. The van der Waals surface area contributed by atoms with Crippen molar-refractivity contribution < 1.29 is 4.79 Å². The molecule has 0 bridgehead atoms. The molecule has 1 aromatic carbocycles. The number of hydrogen-bond donors (Lipinski definition) is 1. The normalized spacial score (nSPS) is 20.0. The Morgan fingerprint density at radius 2 is 2.16 bits per heavy atom. The Kier molecular flexibility index (Phi) is 6.36. The summed E-state index contributed by atoms with van der Waals surface area (Å²) in [6.07, 6.45) is 4.71. The van der Waals surface area contributed by atoms with Gasteiger partial charge in [-0.05, 0) is 37.0 Å². The third-order valence-corrected chi connectivity index (χ3v) is 6.32. The highest BCUT2D eigenvalue weighted by molar-refractivity contribution is 6.30. The molecular weight excluding hydrogens is 414 g/mol. The highest BCUT2D eigenvalue weighted by atomic mass is 35.5. The van der Waals surface area contributed by atoms with E-state index in [-0.39, 0.29) is 5.91 Å². The summed E-state index contributed by atoms with van der Waals surface area (Å²) < 4.78 is 1.71. The number of anilines is 2. The van der Waals surface area contributed by atoms with Gasteiger partial charge in [-0.2, -0.15) is 5.10 Å². The van der Waals surface area contributed by atoms with Crippen molar-refractivity contribution in [3.63, 3.8) is 0 Å². The van der Waals surface area contributed by atoms with Gasteiger partial charge in [0.05, 0.1) is 11.9 Å². The zero-order valence-electron chi connectivity index (χ0n) is 18.4. The molecule has 1 aromatic heterocycles. The molecule has 0 radical (unpaired) electrons. The van der Waals surface area contributed by atoms with Gasteiger partial charge in [-0.15, -0.1) is 0 Å². The Labute approximate surface area is 188 Å². The van der Waals surface area contributed by atoms with Crippen molar-refractivity contribution in [3.05, 3.63) is 41.2 Å². The first-order valence-corrected chi connectivity index (χ1v) is 11.1. The van der Waals surface area contributed by atoms with Gasteiger partial charge in [0.1, 0.15) is 6.54 Å². The minimum atomic E-state index is 0.0608. The predicted octanol–water partition coefficient (Wildman–Crippen LogP) is 2.13. The van der Waals surface area contributed by atoms with Gasteiger partial charge in [0.15, 0.2) is 5.96 Å². The summed E-state index contributed by atoms with van der Waals surface area (Å²) in [7, 11) is 3.63. The molecule has 2 fully saturated rings. The van der Waals surface area contributed by atoms with Crippen LogP contribution in [-0.4, -0.2) is 72.9 Å². The zero-order chi connectivity index (χ0) is 22.0. The van der Waals surface area contributed by atoms with Gasteiger partial charge in [-0.3, -0.25) is 14.5 Å². The lowest BCUT2D eigenvalue weighted by Crippen LogP contribution is -2.55. The number of nitrogens with one attached hydrogen (secondary N) is 1. The SMILES string of the molecule is CN=C(NCC1CCN(c2cc(Cl)ccc2C)C1)N1CCN(c2cnn(C)c2)C(=O)C1. The Hall–Kier alpha value is -2.74. The maximum Gasteiger partial charge on any atom is 0.246 e. The molecule has 9 heteroatoms. The number of aromatic nitrogens is 2. The van der Waals surface area contributed by atoms with E-state index in [2.05, 4.69) is 39.4 Å². The van der Waals surface area contributed by atoms with Crippen molar-refractivity contribution in [2.75, 3.05) is 56.1 Å². The van der Waals surface area contributed by atoms with E-state index in [9.17, 15) is 4.79 Å². The molecule has 1 atom stereocenters. The molecule has 2 saturated heterocycles. The van der Waals surface area contributed by atoms with Gasteiger partial charge in [-0.1, -0.05) is 17.7 Å². The van der Waals surface area contributed by atoms with E-state index in [1.54, 1.807) is 22.8 Å². The number of rotatable bonds is 4. The fraction of sp³-hybridized carbons (Fsp3) is 0.500. The van der Waals surface area contributed by atoms with E-state index in [0.717, 1.165) is 49.3 Å². The molecule has 1 N–H and O–H groups in total. The molecule has 4 rings (SSSR count). The van der Waals surface area contributed by atoms with Crippen LogP contribution in [0, 0.1) is 12.8 Å². The topological polar surface area (TPSA) is 69.0 Å². The number of carbonyl (C=O) groups is 1. The maximum absolute atomic E-state index is 12.7. The second-order valence-electron chi connectivity index (χ2n) is 8.30. The molecule has 0 spiro atoms. The lowest BCUT2D eigenvalue weighted by atomic mass is 10.1. The molecule has 1 unspecified atom stereocenters. The number of carbonyl (C=O) groups excluding carboxylic acids is 1. The first kappa shape index (κ1) is 21.5. The highest BCUT2D eigenvalue weighted by Crippen LogP contribution is 2.29. The van der Waals surface area contributed by atoms with Gasteiger partial charge >= 0.3 is 0 Å². The summed E-state index contributed by atoms with van der Waals surface area (Å²) in [6, 6.07) is 6.07. The van der Waals surface area contributed by atoms with Gasteiger partial charge < -0.3 is 20.0 Å². The van der Waals surface area contributed by atoms with Crippen molar-refractivity contribution >= 4 is 34.8 Å². The van der Waals surface area contributed by atoms with E-state index in [1.807, 2.05) is 24.2 Å². The number of piperazine rings is 1. The molecule has 2 aromatic rings. The summed E-state index contributed by atoms with van der Waals surface area (Å²) >= 11 is 6.21. The van der Waals surface area contributed by atoms with E-state index >= 15 is 0 Å². The Bertz CT molecular complexity index is 973. The molecule has 0 saturated carbocycles. The fourth-order valence-corrected chi connectivity index (χ4v) is 4.55. The number of amides is 1. The quantitative estimate of drug-likeness (QED) is 0.579. The number of nitrogens with zero attached hydrogens (tertiary/aromatic N) is 6. The van der Waals surface area contributed by atoms with Crippen LogP contribution in [-0.2, 0) is 11.8 Å². The van der Waals surface area contributed by atoms with Crippen LogP contribution in [0.3, 0.4) is 0 Å². The van der Waals surface area contributed by atoms with Crippen LogP contribution in [0.5, 0.6) is 0 Å². The molecule has 31 heavy (non-hydrogen) atoms. The number of hydrogen-bond acceptors (Lipinski definition) is 4. The lowest BCUT2D eigenvalue weighted by Gasteiger charge is -2.35. The maximum atomic E-state index is 12.7. The van der Waals surface area contributed by atoms with Crippen LogP contribution in [0.1, 0.15) is 12.0 Å². The van der Waals surface area contributed by atoms with E-state index in [1.165, 1.54) is 11.3 Å². The minimum Gasteiger partial charge on any atom is -0.371 e. The van der Waals surface area contributed by atoms with Crippen LogP contribution in [0.25, 0.3) is 0 Å². The Balaban J connectivity index is 1.30. The average molecular weight is 444 g/mol. The largest absolute Gasteiger partial charge is 0.371 e. The molecule has 2 aliphatic heterocycles. The number of aliphatic imine (C=N–C) groups is 1. The minimum absolute atomic E-state index is 0.0608. The molecule has 0 aliphatic carbocycles. The monoisotopic (exact) mass is 443 g/mol. The zero-order valence-corrected chi connectivity index (χ0v) is 19.1. The molecule has 8 nitrogen and oxygen atoms in total. The molecule has 3 heterocycles. The van der Waals surface area contributed by atoms with Crippen molar-refractivity contribution in [1.82, 2.24) is 20.0 Å². The van der Waals surface area contributed by atoms with Crippen molar-refractivity contribution in [2.45, 2.75) is 13.3 Å². The summed E-state index contributed by atoms with van der Waals surface area (Å²) in [5, 5.41) is 8.44. The van der Waals surface area contributed by atoms with Crippen LogP contribution >= 0.6 is 11.6 Å². The Morgan fingerprint density at radius 1 is 1.32 bits per heavy atom. The summed E-state index contributed by atoms with van der Waals surface area (Å²) in [4.78, 5) is 23.4. The van der Waals surface area contributed by atoms with Crippen molar-refractivity contribution in [3.8, 4) is 0 Å². The molecule has 166 valence electrons. The van der Waals surface area contributed by atoms with Crippen LogP contribution < -0.4 is 15.1 Å². The van der Waals surface area contributed by atoms with Crippen molar-refractivity contribution in [1.29, 1.82) is 0 Å². The van der Waals surface area contributed by atoms with Crippen LogP contribution in [0.4, 0.5) is 11.4 Å². The van der Waals surface area contributed by atoms with Crippen molar-refractivity contribution in [2.24, 2.45) is 18.0 Å². The highest BCUT2D eigenvalue weighted by Gasteiger charge is 2.29. The number of benzene rings is 1. The van der Waals surface area contributed by atoms with Crippen LogP contribution in [0.2, 0.25) is 5.02 Å². The van der Waals surface area contributed by atoms with Crippen LogP contribution in [0.15, 0.2) is 35.6 Å². The third-order valence-electron chi connectivity index (χ3n) is 6.08. The van der Waals surface area contributed by atoms with Gasteiger partial charge in [0, 0.05) is 63.7 Å². The summed E-state index contributed by atoms with van der Waals surface area (Å²) in [6.45, 7) is 6.64. The summed E-state index contributed by atoms with van der Waals surface area (Å²) in [5.74, 6) is 1.37. The lowest BCUT2D eigenvalue weighted by molar-refractivity contribution is -0.120. The number of guanidine groups is 1. The van der Waals surface area contributed by atoms with Gasteiger partial charge in [0.2, 0.25) is 5.91 Å². The average Bonchev–Trinajstić information content (AvgIpc) is 3.39. The number of aryl methyl sites for hydroxylation is 2. The molecular formula is C22H30ClN7O. The third kappa shape index (κ3) is 4.79. The fourth-order valence-electron chi connectivity index (χ4n) is 4.38. The smallest absolute Gasteiger partial charge is 0.246 e. The second kappa shape index (κ2) is 9.18. The van der Waals surface area contributed by atoms with E-state index in [0.29, 0.717) is 19.0 Å². The van der Waals surface area contributed by atoms with Gasteiger partial charge in [0.25, 0.3) is 0 Å².